The van der Waals surface area contributed by atoms with Gasteiger partial charge in [-0.05, 0) is 80.5 Å². The van der Waals surface area contributed by atoms with Crippen LogP contribution in [0.1, 0.15) is 24.8 Å². The molecule has 0 unspecified atom stereocenters. The van der Waals surface area contributed by atoms with E-state index in [1.807, 2.05) is 16.8 Å². The normalized spacial score (nSPS) is 16.6. The minimum atomic E-state index is -0.263. The molecule has 1 fully saturated rings. The first-order valence-corrected chi connectivity index (χ1v) is 11.8. The quantitative estimate of drug-likeness (QED) is 0.547. The molecule has 31 heavy (non-hydrogen) atoms. The molecule has 1 saturated heterocycles. The van der Waals surface area contributed by atoms with Crippen LogP contribution in [0.3, 0.4) is 0 Å². The van der Waals surface area contributed by atoms with Crippen LogP contribution < -0.4 is 4.74 Å². The molecule has 3 aromatic rings. The van der Waals surface area contributed by atoms with Crippen molar-refractivity contribution in [3.05, 3.63) is 66.0 Å². The molecule has 0 radical (unpaired) electrons. The van der Waals surface area contributed by atoms with Gasteiger partial charge in [0.1, 0.15) is 18.2 Å². The molecule has 160 valence electrons. The number of hydrogen-bond donors (Lipinski definition) is 0. The van der Waals surface area contributed by atoms with Gasteiger partial charge in [-0.3, -0.25) is 4.90 Å². The van der Waals surface area contributed by atoms with Crippen LogP contribution in [-0.2, 0) is 0 Å². The molecule has 2 aliphatic heterocycles. The van der Waals surface area contributed by atoms with Gasteiger partial charge >= 0.3 is 0 Å². The lowest BCUT2D eigenvalue weighted by Crippen LogP contribution is -2.33. The molecule has 3 heterocycles. The monoisotopic (exact) mass is 436 g/mol. The largest absolute Gasteiger partial charge is 0.492 e. The van der Waals surface area contributed by atoms with Gasteiger partial charge in [-0.15, -0.1) is 5.10 Å². The van der Waals surface area contributed by atoms with Gasteiger partial charge in [0.25, 0.3) is 0 Å². The fourth-order valence-electron chi connectivity index (χ4n) is 3.99. The summed E-state index contributed by atoms with van der Waals surface area (Å²) >= 11 is 1.64. The van der Waals surface area contributed by atoms with Gasteiger partial charge in [-0.2, -0.15) is 0 Å². The van der Waals surface area contributed by atoms with E-state index in [2.05, 4.69) is 33.2 Å². The third kappa shape index (κ3) is 4.67. The van der Waals surface area contributed by atoms with Crippen LogP contribution in [0.5, 0.6) is 5.75 Å². The number of hydrogen-bond acceptors (Lipinski definition) is 5. The van der Waals surface area contributed by atoms with Crippen LogP contribution >= 0.6 is 11.8 Å². The third-order valence-electron chi connectivity index (χ3n) is 5.67. The SMILES string of the molecule is Fc1ccc(-c2nc3n(n2)C(c2ccc(OCCN4CCCCC4)cc2)=CCS3)cc1. The van der Waals surface area contributed by atoms with Gasteiger partial charge in [0.2, 0.25) is 0 Å². The van der Waals surface area contributed by atoms with Gasteiger partial charge < -0.3 is 4.74 Å². The van der Waals surface area contributed by atoms with Crippen molar-refractivity contribution >= 4 is 17.5 Å². The van der Waals surface area contributed by atoms with Gasteiger partial charge in [0.15, 0.2) is 11.0 Å². The highest BCUT2D eigenvalue weighted by Crippen LogP contribution is 2.32. The molecule has 0 bridgehead atoms. The molecular formula is C24H25FN4OS. The lowest BCUT2D eigenvalue weighted by molar-refractivity contribution is 0.183. The molecule has 0 amide bonds. The molecule has 0 saturated carbocycles. The van der Waals surface area contributed by atoms with Crippen LogP contribution in [-0.4, -0.2) is 51.7 Å². The predicted molar refractivity (Wildman–Crippen MR) is 122 cm³/mol. The maximum absolute atomic E-state index is 13.2. The van der Waals surface area contributed by atoms with E-state index in [1.54, 1.807) is 23.9 Å². The fourth-order valence-corrected chi connectivity index (χ4v) is 4.79. The van der Waals surface area contributed by atoms with Gasteiger partial charge in [-0.25, -0.2) is 14.1 Å². The molecule has 0 aliphatic carbocycles. The molecule has 7 heteroatoms. The van der Waals surface area contributed by atoms with E-state index in [-0.39, 0.29) is 5.82 Å². The van der Waals surface area contributed by atoms with Crippen LogP contribution in [0.2, 0.25) is 0 Å². The fraction of sp³-hybridized carbons (Fsp3) is 0.333. The Balaban J connectivity index is 1.27. The summed E-state index contributed by atoms with van der Waals surface area (Å²) in [7, 11) is 0. The van der Waals surface area contributed by atoms with E-state index in [0.717, 1.165) is 40.0 Å². The van der Waals surface area contributed by atoms with Crippen LogP contribution in [0.4, 0.5) is 4.39 Å². The molecule has 0 atom stereocenters. The highest BCUT2D eigenvalue weighted by molar-refractivity contribution is 7.99. The number of rotatable bonds is 6. The Morgan fingerprint density at radius 3 is 2.45 bits per heavy atom. The van der Waals surface area contributed by atoms with E-state index in [1.165, 1.54) is 44.5 Å². The summed E-state index contributed by atoms with van der Waals surface area (Å²) in [5.41, 5.74) is 2.88. The molecule has 5 rings (SSSR count). The smallest absolute Gasteiger partial charge is 0.191 e. The highest BCUT2D eigenvalue weighted by Gasteiger charge is 2.20. The van der Waals surface area contributed by atoms with E-state index < -0.39 is 0 Å². The first-order valence-electron chi connectivity index (χ1n) is 10.8. The summed E-state index contributed by atoms with van der Waals surface area (Å²) in [5, 5.41) is 5.54. The molecule has 1 aromatic heterocycles. The van der Waals surface area contributed by atoms with Gasteiger partial charge in [-0.1, -0.05) is 18.2 Å². The number of thioether (sulfide) groups is 1. The van der Waals surface area contributed by atoms with Crippen LogP contribution in [0.15, 0.2) is 59.8 Å². The number of halogens is 1. The second-order valence-corrected chi connectivity index (χ2v) is 8.80. The number of likely N-dealkylation sites (tertiary alicyclic amines) is 1. The average Bonchev–Trinajstić information content (AvgIpc) is 3.25. The minimum absolute atomic E-state index is 0.263. The standard InChI is InChI=1S/C24H25FN4OS/c25-20-8-4-19(5-9-20)23-26-24-29(27-23)22(12-17-31-24)18-6-10-21(11-7-18)30-16-15-28-13-2-1-3-14-28/h4-12H,1-3,13-17H2. The molecule has 2 aromatic carbocycles. The summed E-state index contributed by atoms with van der Waals surface area (Å²) < 4.78 is 21.1. The Kier molecular flexibility index (Phi) is 6.04. The van der Waals surface area contributed by atoms with Gasteiger partial charge in [0, 0.05) is 23.4 Å². The number of benzene rings is 2. The third-order valence-corrected chi connectivity index (χ3v) is 6.53. The van der Waals surface area contributed by atoms with Crippen molar-refractivity contribution in [1.29, 1.82) is 0 Å². The van der Waals surface area contributed by atoms with E-state index in [0.29, 0.717) is 12.4 Å². The predicted octanol–water partition coefficient (Wildman–Crippen LogP) is 4.94. The highest BCUT2D eigenvalue weighted by atomic mass is 32.2. The molecular weight excluding hydrogens is 411 g/mol. The van der Waals surface area contributed by atoms with Crippen molar-refractivity contribution in [1.82, 2.24) is 19.7 Å². The zero-order valence-corrected chi connectivity index (χ0v) is 18.2. The van der Waals surface area contributed by atoms with E-state index >= 15 is 0 Å². The lowest BCUT2D eigenvalue weighted by atomic mass is 10.1. The zero-order chi connectivity index (χ0) is 21.0. The number of fused-ring (bicyclic) bond motifs is 1. The first-order chi connectivity index (χ1) is 15.3. The molecule has 5 nitrogen and oxygen atoms in total. The Hall–Kier alpha value is -2.64. The van der Waals surface area contributed by atoms with Crippen molar-refractivity contribution in [3.8, 4) is 17.1 Å². The number of ether oxygens (including phenoxy) is 1. The maximum atomic E-state index is 13.2. The summed E-state index contributed by atoms with van der Waals surface area (Å²) in [6.45, 7) is 4.08. The maximum Gasteiger partial charge on any atom is 0.191 e. The van der Waals surface area contributed by atoms with E-state index in [4.69, 9.17) is 4.74 Å². The van der Waals surface area contributed by atoms with Crippen molar-refractivity contribution < 1.29 is 9.13 Å². The van der Waals surface area contributed by atoms with E-state index in [9.17, 15) is 4.39 Å². The lowest BCUT2D eigenvalue weighted by Gasteiger charge is -2.26. The van der Waals surface area contributed by atoms with Crippen molar-refractivity contribution in [3.63, 3.8) is 0 Å². The zero-order valence-electron chi connectivity index (χ0n) is 17.3. The summed E-state index contributed by atoms with van der Waals surface area (Å²) in [6, 6.07) is 14.5. The number of piperidine rings is 1. The summed E-state index contributed by atoms with van der Waals surface area (Å²) in [4.78, 5) is 7.13. The van der Waals surface area contributed by atoms with Crippen molar-refractivity contribution in [2.24, 2.45) is 0 Å². The van der Waals surface area contributed by atoms with Crippen LogP contribution in [0.25, 0.3) is 17.1 Å². The Labute approximate surface area is 185 Å². The Morgan fingerprint density at radius 1 is 0.935 bits per heavy atom. The molecule has 2 aliphatic rings. The minimum Gasteiger partial charge on any atom is -0.492 e. The molecule has 0 N–H and O–H groups in total. The summed E-state index contributed by atoms with van der Waals surface area (Å²) in [6.07, 6.45) is 6.11. The molecule has 0 spiro atoms. The second-order valence-electron chi connectivity index (χ2n) is 7.81. The van der Waals surface area contributed by atoms with Gasteiger partial charge in [0.05, 0.1) is 5.70 Å². The Bertz CT molecular complexity index is 1060. The second kappa shape index (κ2) is 9.24. The summed E-state index contributed by atoms with van der Waals surface area (Å²) in [5.74, 6) is 2.07. The Morgan fingerprint density at radius 2 is 1.68 bits per heavy atom. The van der Waals surface area contributed by atoms with Crippen molar-refractivity contribution in [2.75, 3.05) is 32.0 Å². The topological polar surface area (TPSA) is 43.2 Å². The van der Waals surface area contributed by atoms with Crippen LogP contribution in [0, 0.1) is 5.82 Å². The number of nitrogens with zero attached hydrogens (tertiary/aromatic N) is 4. The number of aromatic nitrogens is 3. The average molecular weight is 437 g/mol. The first kappa shape index (κ1) is 20.3. The van der Waals surface area contributed by atoms with Crippen molar-refractivity contribution in [2.45, 2.75) is 24.4 Å².